The van der Waals surface area contributed by atoms with Gasteiger partial charge in [-0.25, -0.2) is 4.39 Å². The van der Waals surface area contributed by atoms with Crippen molar-refractivity contribution in [1.82, 2.24) is 9.78 Å². The average Bonchev–Trinajstić information content (AvgIpc) is 2.71. The molecule has 0 radical (unpaired) electrons. The fourth-order valence-corrected chi connectivity index (χ4v) is 2.75. The van der Waals surface area contributed by atoms with Gasteiger partial charge in [0.25, 0.3) is 5.91 Å². The van der Waals surface area contributed by atoms with Crippen molar-refractivity contribution < 1.29 is 9.18 Å². The Morgan fingerprint density at radius 2 is 2.14 bits per heavy atom. The van der Waals surface area contributed by atoms with Crippen LogP contribution in [0.25, 0.3) is 0 Å². The summed E-state index contributed by atoms with van der Waals surface area (Å²) < 4.78 is 16.3. The highest BCUT2D eigenvalue weighted by atomic mass is 79.9. The highest BCUT2D eigenvalue weighted by molar-refractivity contribution is 9.10. The first-order valence-corrected chi connectivity index (χ1v) is 7.71. The Kier molecular flexibility index (Phi) is 5.18. The Bertz CT molecular complexity index is 699. The van der Waals surface area contributed by atoms with E-state index in [4.69, 9.17) is 5.73 Å². The number of nitrogens with one attached hydrogen (secondary N) is 1. The zero-order valence-corrected chi connectivity index (χ0v) is 14.1. The van der Waals surface area contributed by atoms with Crippen molar-refractivity contribution in [2.75, 3.05) is 11.9 Å². The number of aryl methyl sites for hydroxylation is 3. The van der Waals surface area contributed by atoms with E-state index in [1.165, 1.54) is 6.07 Å². The van der Waals surface area contributed by atoms with Gasteiger partial charge in [0.2, 0.25) is 0 Å². The molecule has 22 heavy (non-hydrogen) atoms. The number of halogens is 2. The molecule has 7 heteroatoms. The Hall–Kier alpha value is -1.89. The SMILES string of the molecule is Cc1cc(C)n(CCCNc2cc(Br)cc(F)c2C(N)=O)n1. The lowest BCUT2D eigenvalue weighted by Gasteiger charge is -2.12. The quantitative estimate of drug-likeness (QED) is 0.769. The lowest BCUT2D eigenvalue weighted by atomic mass is 10.1. The second-order valence-corrected chi connectivity index (χ2v) is 6.02. The van der Waals surface area contributed by atoms with Crippen LogP contribution in [-0.4, -0.2) is 22.2 Å². The van der Waals surface area contributed by atoms with Gasteiger partial charge in [0.15, 0.2) is 0 Å². The van der Waals surface area contributed by atoms with Crippen molar-refractivity contribution in [1.29, 1.82) is 0 Å². The largest absolute Gasteiger partial charge is 0.384 e. The van der Waals surface area contributed by atoms with E-state index in [1.807, 2.05) is 24.6 Å². The number of anilines is 1. The van der Waals surface area contributed by atoms with Crippen LogP contribution in [0.15, 0.2) is 22.7 Å². The molecule has 2 aromatic rings. The summed E-state index contributed by atoms with van der Waals surface area (Å²) in [5.74, 6) is -1.42. The molecule has 1 aromatic heterocycles. The molecule has 0 saturated heterocycles. The van der Waals surface area contributed by atoms with Crippen LogP contribution in [-0.2, 0) is 6.54 Å². The van der Waals surface area contributed by atoms with Gasteiger partial charge in [-0.3, -0.25) is 9.48 Å². The summed E-state index contributed by atoms with van der Waals surface area (Å²) in [4.78, 5) is 11.4. The van der Waals surface area contributed by atoms with Crippen molar-refractivity contribution in [2.24, 2.45) is 5.73 Å². The van der Waals surface area contributed by atoms with Crippen LogP contribution in [0.4, 0.5) is 10.1 Å². The first-order chi connectivity index (χ1) is 10.4. The summed E-state index contributed by atoms with van der Waals surface area (Å²) in [5.41, 5.74) is 7.60. The van der Waals surface area contributed by atoms with Gasteiger partial charge in [0, 0.05) is 23.3 Å². The summed E-state index contributed by atoms with van der Waals surface area (Å²) >= 11 is 3.21. The van der Waals surface area contributed by atoms with Crippen LogP contribution in [0.3, 0.4) is 0 Å². The van der Waals surface area contributed by atoms with Gasteiger partial charge in [-0.05, 0) is 38.5 Å². The third kappa shape index (κ3) is 3.85. The van der Waals surface area contributed by atoms with Crippen LogP contribution < -0.4 is 11.1 Å². The number of carbonyl (C=O) groups excluding carboxylic acids is 1. The third-order valence-electron chi connectivity index (χ3n) is 3.27. The molecule has 0 aliphatic heterocycles. The molecular weight excluding hydrogens is 351 g/mol. The molecule has 5 nitrogen and oxygen atoms in total. The fraction of sp³-hybridized carbons (Fsp3) is 0.333. The Morgan fingerprint density at radius 1 is 1.41 bits per heavy atom. The predicted octanol–water partition coefficient (Wildman–Crippen LogP) is 3.00. The van der Waals surface area contributed by atoms with Gasteiger partial charge < -0.3 is 11.1 Å². The second-order valence-electron chi connectivity index (χ2n) is 5.10. The number of hydrogen-bond donors (Lipinski definition) is 2. The normalized spacial score (nSPS) is 10.7. The molecule has 0 fully saturated rings. The lowest BCUT2D eigenvalue weighted by Crippen LogP contribution is -2.17. The number of nitrogens with zero attached hydrogens (tertiary/aromatic N) is 2. The number of rotatable bonds is 6. The maximum Gasteiger partial charge on any atom is 0.253 e. The first kappa shape index (κ1) is 16.5. The van der Waals surface area contributed by atoms with E-state index in [2.05, 4.69) is 26.3 Å². The van der Waals surface area contributed by atoms with E-state index in [0.717, 1.165) is 24.4 Å². The van der Waals surface area contributed by atoms with Gasteiger partial charge in [-0.1, -0.05) is 15.9 Å². The molecule has 0 aliphatic carbocycles. The van der Waals surface area contributed by atoms with Gasteiger partial charge in [-0.15, -0.1) is 0 Å². The van der Waals surface area contributed by atoms with Gasteiger partial charge in [0.05, 0.1) is 16.9 Å². The maximum atomic E-state index is 13.8. The Morgan fingerprint density at radius 3 is 2.73 bits per heavy atom. The number of benzene rings is 1. The van der Waals surface area contributed by atoms with E-state index in [1.54, 1.807) is 6.07 Å². The summed E-state index contributed by atoms with van der Waals surface area (Å²) in [6.45, 7) is 5.27. The number of hydrogen-bond acceptors (Lipinski definition) is 3. The first-order valence-electron chi connectivity index (χ1n) is 6.92. The lowest BCUT2D eigenvalue weighted by molar-refractivity contribution is 0.0997. The standard InChI is InChI=1S/C15H18BrFN4O/c1-9-6-10(2)21(20-9)5-3-4-19-13-8-11(16)7-12(17)14(13)15(18)22/h6-8,19H,3-5H2,1-2H3,(H2,18,22). The number of carbonyl (C=O) groups is 1. The minimum atomic E-state index is -0.786. The van der Waals surface area contributed by atoms with Crippen molar-refractivity contribution in [2.45, 2.75) is 26.8 Å². The summed E-state index contributed by atoms with van der Waals surface area (Å²) in [6, 6.07) is 4.88. The monoisotopic (exact) mass is 368 g/mol. The molecule has 118 valence electrons. The number of nitrogens with two attached hydrogens (primary N) is 1. The Labute approximate surface area is 136 Å². The fourth-order valence-electron chi connectivity index (χ4n) is 2.32. The van der Waals surface area contributed by atoms with E-state index in [-0.39, 0.29) is 5.56 Å². The molecule has 1 aromatic carbocycles. The van der Waals surface area contributed by atoms with Gasteiger partial charge in [0.1, 0.15) is 5.82 Å². The molecule has 2 rings (SSSR count). The molecule has 1 heterocycles. The minimum Gasteiger partial charge on any atom is -0.384 e. The van der Waals surface area contributed by atoms with Crippen LogP contribution in [0.2, 0.25) is 0 Å². The van der Waals surface area contributed by atoms with E-state index in [0.29, 0.717) is 16.7 Å². The van der Waals surface area contributed by atoms with Crippen molar-refractivity contribution in [3.8, 4) is 0 Å². The van der Waals surface area contributed by atoms with E-state index < -0.39 is 11.7 Å². The molecule has 3 N–H and O–H groups in total. The highest BCUT2D eigenvalue weighted by Gasteiger charge is 2.15. The van der Waals surface area contributed by atoms with Gasteiger partial charge >= 0.3 is 0 Å². The average molecular weight is 369 g/mol. The smallest absolute Gasteiger partial charge is 0.253 e. The Balaban J connectivity index is 2.00. The number of aromatic nitrogens is 2. The minimum absolute atomic E-state index is 0.116. The molecule has 0 saturated carbocycles. The highest BCUT2D eigenvalue weighted by Crippen LogP contribution is 2.24. The summed E-state index contributed by atoms with van der Waals surface area (Å²) in [5, 5.41) is 7.44. The van der Waals surface area contributed by atoms with E-state index in [9.17, 15) is 9.18 Å². The van der Waals surface area contributed by atoms with Gasteiger partial charge in [-0.2, -0.15) is 5.10 Å². The van der Waals surface area contributed by atoms with E-state index >= 15 is 0 Å². The summed E-state index contributed by atoms with van der Waals surface area (Å²) in [7, 11) is 0. The van der Waals surface area contributed by atoms with Crippen molar-refractivity contribution in [3.05, 3.63) is 45.4 Å². The van der Waals surface area contributed by atoms with Crippen molar-refractivity contribution >= 4 is 27.5 Å². The third-order valence-corrected chi connectivity index (χ3v) is 3.72. The zero-order chi connectivity index (χ0) is 16.3. The molecule has 1 amide bonds. The molecule has 0 unspecified atom stereocenters. The van der Waals surface area contributed by atoms with Crippen LogP contribution in [0.1, 0.15) is 28.2 Å². The molecule has 0 atom stereocenters. The maximum absolute atomic E-state index is 13.8. The predicted molar refractivity (Wildman–Crippen MR) is 87.4 cm³/mol. The molecule has 0 bridgehead atoms. The topological polar surface area (TPSA) is 72.9 Å². The number of primary amides is 1. The van der Waals surface area contributed by atoms with Crippen LogP contribution >= 0.6 is 15.9 Å². The second kappa shape index (κ2) is 6.91. The zero-order valence-electron chi connectivity index (χ0n) is 12.5. The van der Waals surface area contributed by atoms with Crippen LogP contribution in [0, 0.1) is 19.7 Å². The molecule has 0 spiro atoms. The summed E-state index contributed by atoms with van der Waals surface area (Å²) in [6.07, 6.45) is 0.786. The number of amides is 1. The van der Waals surface area contributed by atoms with Crippen molar-refractivity contribution in [3.63, 3.8) is 0 Å². The van der Waals surface area contributed by atoms with Crippen LogP contribution in [0.5, 0.6) is 0 Å². The molecule has 0 aliphatic rings. The molecular formula is C15H18BrFN4O.